The molecule has 20 heavy (non-hydrogen) atoms. The lowest BCUT2D eigenvalue weighted by atomic mass is 10.1. The minimum atomic E-state index is -0.611. The Kier molecular flexibility index (Phi) is 5.47. The molecule has 0 spiro atoms. The Morgan fingerprint density at radius 3 is 2.70 bits per heavy atom. The molecule has 7 nitrogen and oxygen atoms in total. The summed E-state index contributed by atoms with van der Waals surface area (Å²) in [7, 11) is 0. The van der Waals surface area contributed by atoms with Crippen LogP contribution < -0.4 is 4.90 Å². The number of rotatable bonds is 6. The van der Waals surface area contributed by atoms with E-state index in [1.807, 2.05) is 6.92 Å². The summed E-state index contributed by atoms with van der Waals surface area (Å²) >= 11 is 0. The van der Waals surface area contributed by atoms with Crippen LogP contribution in [0.5, 0.6) is 0 Å². The van der Waals surface area contributed by atoms with Crippen LogP contribution in [0.25, 0.3) is 0 Å². The van der Waals surface area contributed by atoms with Crippen molar-refractivity contribution in [3.63, 3.8) is 0 Å². The summed E-state index contributed by atoms with van der Waals surface area (Å²) in [5.74, 6) is -0.402. The summed E-state index contributed by atoms with van der Waals surface area (Å²) in [5.41, 5.74) is 0.226. The van der Waals surface area contributed by atoms with Gasteiger partial charge in [-0.2, -0.15) is 5.26 Å². The molecule has 0 atom stereocenters. The van der Waals surface area contributed by atoms with Crippen LogP contribution in [0.1, 0.15) is 19.4 Å². The van der Waals surface area contributed by atoms with Gasteiger partial charge in [-0.25, -0.2) is 0 Å². The fourth-order valence-corrected chi connectivity index (χ4v) is 1.71. The Morgan fingerprint density at radius 2 is 2.20 bits per heavy atom. The summed E-state index contributed by atoms with van der Waals surface area (Å²) in [5, 5.41) is 19.7. The van der Waals surface area contributed by atoms with E-state index >= 15 is 0 Å². The lowest BCUT2D eigenvalue weighted by Gasteiger charge is -2.21. The van der Waals surface area contributed by atoms with Crippen molar-refractivity contribution in [1.29, 1.82) is 5.26 Å². The van der Waals surface area contributed by atoms with Gasteiger partial charge in [0.1, 0.15) is 18.2 Å². The van der Waals surface area contributed by atoms with Crippen LogP contribution in [-0.2, 0) is 9.53 Å². The lowest BCUT2D eigenvalue weighted by Crippen LogP contribution is -2.30. The summed E-state index contributed by atoms with van der Waals surface area (Å²) in [4.78, 5) is 23.4. The molecule has 0 heterocycles. The molecule has 0 amide bonds. The Bertz CT molecular complexity index is 551. The smallest absolute Gasteiger partial charge is 0.325 e. The van der Waals surface area contributed by atoms with Gasteiger partial charge in [-0.1, -0.05) is 0 Å². The predicted molar refractivity (Wildman–Crippen MR) is 72.3 cm³/mol. The highest BCUT2D eigenvalue weighted by molar-refractivity contribution is 5.76. The maximum absolute atomic E-state index is 11.5. The lowest BCUT2D eigenvalue weighted by molar-refractivity contribution is -0.385. The number of esters is 1. The fourth-order valence-electron chi connectivity index (χ4n) is 1.71. The number of nitro benzene ring substituents is 1. The maximum atomic E-state index is 11.5. The third kappa shape index (κ3) is 3.68. The molecule has 0 radical (unpaired) electrons. The predicted octanol–water partition coefficient (Wildman–Crippen LogP) is 1.86. The highest BCUT2D eigenvalue weighted by Gasteiger charge is 2.18. The molecular weight excluding hydrogens is 262 g/mol. The van der Waals surface area contributed by atoms with Gasteiger partial charge in [0.25, 0.3) is 5.69 Å². The van der Waals surface area contributed by atoms with Crippen molar-refractivity contribution in [2.45, 2.75) is 13.8 Å². The van der Waals surface area contributed by atoms with Crippen LogP contribution in [0.3, 0.4) is 0 Å². The highest BCUT2D eigenvalue weighted by atomic mass is 16.6. The van der Waals surface area contributed by atoms with Gasteiger partial charge in [-0.05, 0) is 26.0 Å². The van der Waals surface area contributed by atoms with E-state index in [9.17, 15) is 14.9 Å². The molecule has 7 heteroatoms. The maximum Gasteiger partial charge on any atom is 0.325 e. The average molecular weight is 277 g/mol. The van der Waals surface area contributed by atoms with Crippen molar-refractivity contribution in [3.05, 3.63) is 33.9 Å². The summed E-state index contributed by atoms with van der Waals surface area (Å²) in [6.07, 6.45) is 0. The van der Waals surface area contributed by atoms with Gasteiger partial charge in [0.15, 0.2) is 0 Å². The number of nitriles is 1. The molecule has 0 saturated carbocycles. The molecule has 0 aliphatic heterocycles. The second-order valence-corrected chi connectivity index (χ2v) is 3.89. The van der Waals surface area contributed by atoms with E-state index in [0.29, 0.717) is 12.2 Å². The van der Waals surface area contributed by atoms with Gasteiger partial charge in [0, 0.05) is 18.3 Å². The van der Waals surface area contributed by atoms with Crippen molar-refractivity contribution in [2.24, 2.45) is 0 Å². The van der Waals surface area contributed by atoms with Crippen molar-refractivity contribution in [3.8, 4) is 6.07 Å². The van der Waals surface area contributed by atoms with E-state index in [1.165, 1.54) is 12.1 Å². The average Bonchev–Trinajstić information content (AvgIpc) is 2.44. The number of nitrogens with zero attached hydrogens (tertiary/aromatic N) is 3. The zero-order valence-corrected chi connectivity index (χ0v) is 11.3. The molecule has 0 aromatic heterocycles. The molecule has 0 aliphatic carbocycles. The van der Waals surface area contributed by atoms with Crippen LogP contribution in [0.15, 0.2) is 18.2 Å². The number of carbonyl (C=O) groups excluding carboxylic acids is 1. The van der Waals surface area contributed by atoms with E-state index in [1.54, 1.807) is 24.0 Å². The zero-order chi connectivity index (χ0) is 15.1. The molecule has 0 saturated heterocycles. The Labute approximate surface area is 116 Å². The summed E-state index contributed by atoms with van der Waals surface area (Å²) < 4.78 is 4.85. The molecular formula is C13H15N3O4. The standard InChI is InChI=1S/C13H15N3O4/c1-3-15(9-13(17)20-4-2)11-6-5-10(8-14)12(7-11)16(18)19/h5-7H,3-4,9H2,1-2H3. The molecule has 1 rings (SSSR count). The minimum Gasteiger partial charge on any atom is -0.465 e. The van der Waals surface area contributed by atoms with Gasteiger partial charge in [-0.15, -0.1) is 0 Å². The number of hydrogen-bond donors (Lipinski definition) is 0. The summed E-state index contributed by atoms with van der Waals surface area (Å²) in [6, 6.07) is 6.02. The first-order valence-electron chi connectivity index (χ1n) is 6.12. The van der Waals surface area contributed by atoms with E-state index in [4.69, 9.17) is 10.00 Å². The molecule has 0 fully saturated rings. The number of benzene rings is 1. The number of hydrogen-bond acceptors (Lipinski definition) is 6. The molecule has 0 N–H and O–H groups in total. The molecule has 0 unspecified atom stereocenters. The van der Waals surface area contributed by atoms with Crippen LogP contribution in [0.2, 0.25) is 0 Å². The zero-order valence-electron chi connectivity index (χ0n) is 11.3. The van der Waals surface area contributed by atoms with E-state index in [2.05, 4.69) is 0 Å². The first-order valence-corrected chi connectivity index (χ1v) is 6.12. The number of ether oxygens (including phenoxy) is 1. The SMILES string of the molecule is CCOC(=O)CN(CC)c1ccc(C#N)c([N+](=O)[O-])c1. The van der Waals surface area contributed by atoms with E-state index in [-0.39, 0.29) is 24.4 Å². The third-order valence-electron chi connectivity index (χ3n) is 2.67. The topological polar surface area (TPSA) is 96.5 Å². The third-order valence-corrected chi connectivity index (χ3v) is 2.67. The quantitative estimate of drug-likeness (QED) is 0.447. The number of carbonyl (C=O) groups is 1. The minimum absolute atomic E-state index is 0.00734. The summed E-state index contributed by atoms with van der Waals surface area (Å²) in [6.45, 7) is 4.31. The van der Waals surface area contributed by atoms with Gasteiger partial charge < -0.3 is 9.64 Å². The molecule has 0 aliphatic rings. The monoisotopic (exact) mass is 277 g/mol. The second kappa shape index (κ2) is 7.09. The number of anilines is 1. The van der Waals surface area contributed by atoms with Crippen LogP contribution >= 0.6 is 0 Å². The number of nitro groups is 1. The Hall–Kier alpha value is -2.62. The molecule has 106 valence electrons. The van der Waals surface area contributed by atoms with Crippen molar-refractivity contribution in [1.82, 2.24) is 0 Å². The van der Waals surface area contributed by atoms with E-state index < -0.39 is 10.9 Å². The van der Waals surface area contributed by atoms with Gasteiger partial charge >= 0.3 is 5.97 Å². The Morgan fingerprint density at radius 1 is 1.50 bits per heavy atom. The first kappa shape index (κ1) is 15.4. The van der Waals surface area contributed by atoms with Crippen LogP contribution in [0, 0.1) is 21.4 Å². The van der Waals surface area contributed by atoms with Crippen molar-refractivity contribution < 1.29 is 14.5 Å². The first-order chi connectivity index (χ1) is 9.53. The largest absolute Gasteiger partial charge is 0.465 e. The molecule has 1 aromatic carbocycles. The van der Waals surface area contributed by atoms with E-state index in [0.717, 1.165) is 0 Å². The molecule has 0 bridgehead atoms. The fraction of sp³-hybridized carbons (Fsp3) is 0.385. The normalized spacial score (nSPS) is 9.65. The van der Waals surface area contributed by atoms with Gasteiger partial charge in [0.2, 0.25) is 0 Å². The Balaban J connectivity index is 3.05. The van der Waals surface area contributed by atoms with Crippen LogP contribution in [-0.4, -0.2) is 30.6 Å². The van der Waals surface area contributed by atoms with Gasteiger partial charge in [0.05, 0.1) is 11.5 Å². The second-order valence-electron chi connectivity index (χ2n) is 3.89. The van der Waals surface area contributed by atoms with Crippen molar-refractivity contribution >= 4 is 17.3 Å². The van der Waals surface area contributed by atoms with Crippen LogP contribution in [0.4, 0.5) is 11.4 Å². The van der Waals surface area contributed by atoms with Gasteiger partial charge in [-0.3, -0.25) is 14.9 Å². The number of likely N-dealkylation sites (N-methyl/N-ethyl adjacent to an activating group) is 1. The molecule has 1 aromatic rings. The van der Waals surface area contributed by atoms with Crippen molar-refractivity contribution in [2.75, 3.05) is 24.6 Å². The highest BCUT2D eigenvalue weighted by Crippen LogP contribution is 2.25.